The predicted molar refractivity (Wildman–Crippen MR) is 143 cm³/mol. The van der Waals surface area contributed by atoms with Crippen LogP contribution >= 0.6 is 0 Å². The molecule has 192 valence electrons. The van der Waals surface area contributed by atoms with Crippen LogP contribution in [0.2, 0.25) is 0 Å². The monoisotopic (exact) mass is 480 g/mol. The highest BCUT2D eigenvalue weighted by atomic mass is 28.4. The minimum atomic E-state index is -3.19. The molecule has 0 aliphatic rings. The van der Waals surface area contributed by atoms with E-state index in [9.17, 15) is 0 Å². The molecule has 0 bridgehead atoms. The maximum atomic E-state index is 6.73. The van der Waals surface area contributed by atoms with Gasteiger partial charge in [-0.15, -0.1) is 0 Å². The normalized spacial score (nSPS) is 12.9. The van der Waals surface area contributed by atoms with Gasteiger partial charge < -0.3 is 18.0 Å². The molecule has 1 rings (SSSR count). The fourth-order valence-electron chi connectivity index (χ4n) is 4.44. The van der Waals surface area contributed by atoms with E-state index in [2.05, 4.69) is 80.5 Å². The molecule has 0 fully saturated rings. The summed E-state index contributed by atoms with van der Waals surface area (Å²) >= 11 is 0. The van der Waals surface area contributed by atoms with Crippen LogP contribution in [0, 0.1) is 5.41 Å². The van der Waals surface area contributed by atoms with Gasteiger partial charge >= 0.3 is 8.80 Å². The lowest BCUT2D eigenvalue weighted by Gasteiger charge is -2.36. The molecule has 0 heterocycles. The Morgan fingerprint density at radius 3 is 1.67 bits per heavy atom. The number of hydrogen-bond acceptors (Lipinski definition) is 4. The lowest BCUT2D eigenvalue weighted by Crippen LogP contribution is -2.59. The van der Waals surface area contributed by atoms with E-state index in [-0.39, 0.29) is 11.0 Å². The Morgan fingerprint density at radius 1 is 0.697 bits per heavy atom. The lowest BCUT2D eigenvalue weighted by molar-refractivity contribution is 0.0687. The van der Waals surface area contributed by atoms with Crippen LogP contribution in [0.25, 0.3) is 0 Å². The molecular weight excluding hydrogens is 428 g/mol. The third-order valence-electron chi connectivity index (χ3n) is 5.74. The Morgan fingerprint density at radius 2 is 1.21 bits per heavy atom. The van der Waals surface area contributed by atoms with Crippen LogP contribution < -0.4 is 9.92 Å². The molecule has 4 nitrogen and oxygen atoms in total. The molecule has 0 aromatic heterocycles. The summed E-state index contributed by atoms with van der Waals surface area (Å²) < 4.78 is 26.6. The van der Waals surface area contributed by atoms with Crippen molar-refractivity contribution in [2.45, 2.75) is 119 Å². The molecule has 0 aliphatic heterocycles. The number of rotatable bonds is 18. The van der Waals surface area contributed by atoms with Gasteiger partial charge in [0.05, 0.1) is 5.19 Å². The maximum absolute atomic E-state index is 6.73. The molecule has 0 saturated heterocycles. The predicted octanol–water partition coefficient (Wildman–Crippen LogP) is 7.44. The van der Waals surface area contributed by atoms with E-state index in [1.54, 1.807) is 0 Å². The summed E-state index contributed by atoms with van der Waals surface area (Å²) in [6, 6.07) is 6.44. The molecule has 0 aliphatic carbocycles. The highest BCUT2D eigenvalue weighted by molar-refractivity contribution is 6.76. The van der Waals surface area contributed by atoms with E-state index in [1.807, 2.05) is 0 Å². The van der Waals surface area contributed by atoms with Gasteiger partial charge in [0, 0.05) is 19.8 Å². The third kappa shape index (κ3) is 9.71. The van der Waals surface area contributed by atoms with Crippen LogP contribution in [0.5, 0.6) is 5.75 Å². The fraction of sp³-hybridized carbons (Fsp3) is 0.786. The molecule has 0 radical (unpaired) electrons. The third-order valence-corrected chi connectivity index (χ3v) is 8.67. The minimum Gasteiger partial charge on any atom is -0.488 e. The van der Waals surface area contributed by atoms with Crippen LogP contribution in [0.3, 0.4) is 0 Å². The lowest BCUT2D eigenvalue weighted by atomic mass is 9.82. The van der Waals surface area contributed by atoms with Gasteiger partial charge in [0.1, 0.15) is 11.4 Å². The highest BCUT2D eigenvalue weighted by Crippen LogP contribution is 2.32. The zero-order valence-corrected chi connectivity index (χ0v) is 24.1. The van der Waals surface area contributed by atoms with Gasteiger partial charge in [-0.25, -0.2) is 0 Å². The van der Waals surface area contributed by atoms with Crippen LogP contribution in [-0.4, -0.2) is 34.2 Å². The van der Waals surface area contributed by atoms with Crippen molar-refractivity contribution in [1.82, 2.24) is 0 Å². The van der Waals surface area contributed by atoms with Crippen molar-refractivity contribution < 1.29 is 18.0 Å². The minimum absolute atomic E-state index is 0.168. The van der Waals surface area contributed by atoms with E-state index in [1.165, 1.54) is 5.56 Å². The Balaban J connectivity index is 3.74. The second kappa shape index (κ2) is 14.5. The number of benzene rings is 1. The van der Waals surface area contributed by atoms with Crippen LogP contribution in [0.15, 0.2) is 18.2 Å². The second-order valence-electron chi connectivity index (χ2n) is 10.6. The quantitative estimate of drug-likeness (QED) is 0.205. The van der Waals surface area contributed by atoms with E-state index < -0.39 is 8.80 Å². The van der Waals surface area contributed by atoms with Crippen molar-refractivity contribution in [1.29, 1.82) is 0 Å². The first-order valence-corrected chi connectivity index (χ1v) is 15.1. The summed E-state index contributed by atoms with van der Waals surface area (Å²) in [5, 5.41) is 1.05. The van der Waals surface area contributed by atoms with Gasteiger partial charge in [-0.3, -0.25) is 0 Å². The SMILES string of the molecule is CCCO[Si](OCCC)(OCCC)c1c(CC(C)(C)CCC)cccc1OC(C)(C)CCC. The summed E-state index contributed by atoms with van der Waals surface area (Å²) in [6.45, 7) is 21.8. The van der Waals surface area contributed by atoms with E-state index in [4.69, 9.17) is 18.0 Å². The molecule has 33 heavy (non-hydrogen) atoms. The molecular formula is C28H52O4Si. The molecule has 5 heteroatoms. The molecule has 1 aromatic rings. The largest absolute Gasteiger partial charge is 0.541 e. The molecule has 0 saturated carbocycles. The fourth-order valence-corrected chi connectivity index (χ4v) is 7.54. The van der Waals surface area contributed by atoms with Crippen molar-refractivity contribution in [3.8, 4) is 5.75 Å². The molecule has 0 atom stereocenters. The van der Waals surface area contributed by atoms with Crippen molar-refractivity contribution in [2.24, 2.45) is 5.41 Å². The van der Waals surface area contributed by atoms with Crippen molar-refractivity contribution in [3.63, 3.8) is 0 Å². The average molecular weight is 481 g/mol. The summed E-state index contributed by atoms with van der Waals surface area (Å²) in [5.41, 5.74) is 1.14. The molecule has 1 aromatic carbocycles. The summed E-state index contributed by atoms with van der Waals surface area (Å²) in [4.78, 5) is 0. The highest BCUT2D eigenvalue weighted by Gasteiger charge is 2.49. The maximum Gasteiger partial charge on any atom is 0.541 e. The number of hydrogen-bond donors (Lipinski definition) is 0. The Kier molecular flexibility index (Phi) is 13.2. The van der Waals surface area contributed by atoms with E-state index in [0.717, 1.165) is 62.3 Å². The zero-order chi connectivity index (χ0) is 25.0. The van der Waals surface area contributed by atoms with E-state index in [0.29, 0.717) is 19.8 Å². The molecule has 0 amide bonds. The van der Waals surface area contributed by atoms with E-state index >= 15 is 0 Å². The second-order valence-corrected chi connectivity index (χ2v) is 13.1. The van der Waals surface area contributed by atoms with Gasteiger partial charge in [-0.2, -0.15) is 0 Å². The average Bonchev–Trinajstić information content (AvgIpc) is 2.73. The van der Waals surface area contributed by atoms with Crippen LogP contribution in [0.4, 0.5) is 0 Å². The first kappa shape index (κ1) is 30.1. The van der Waals surface area contributed by atoms with Crippen LogP contribution in [0.1, 0.15) is 113 Å². The van der Waals surface area contributed by atoms with Crippen molar-refractivity contribution in [3.05, 3.63) is 23.8 Å². The molecule has 0 N–H and O–H groups in total. The Hall–Kier alpha value is -0.883. The van der Waals surface area contributed by atoms with Gasteiger partial charge in [-0.05, 0) is 69.4 Å². The molecule has 0 spiro atoms. The summed E-state index contributed by atoms with van der Waals surface area (Å²) in [5.74, 6) is 0.869. The summed E-state index contributed by atoms with van der Waals surface area (Å²) in [7, 11) is -3.19. The van der Waals surface area contributed by atoms with Crippen molar-refractivity contribution in [2.75, 3.05) is 19.8 Å². The van der Waals surface area contributed by atoms with Gasteiger partial charge in [0.25, 0.3) is 0 Å². The van der Waals surface area contributed by atoms with Crippen LogP contribution in [-0.2, 0) is 19.7 Å². The first-order valence-electron chi connectivity index (χ1n) is 13.3. The zero-order valence-electron chi connectivity index (χ0n) is 23.1. The number of ether oxygens (including phenoxy) is 1. The van der Waals surface area contributed by atoms with Crippen molar-refractivity contribution >= 4 is 14.0 Å². The Labute approximate surface area is 206 Å². The van der Waals surface area contributed by atoms with Gasteiger partial charge in [0.2, 0.25) is 0 Å². The molecule has 0 unspecified atom stereocenters. The van der Waals surface area contributed by atoms with Gasteiger partial charge in [0.15, 0.2) is 0 Å². The Bertz CT molecular complexity index is 612. The van der Waals surface area contributed by atoms with Gasteiger partial charge in [-0.1, -0.05) is 73.4 Å². The summed E-state index contributed by atoms with van der Waals surface area (Å²) in [6.07, 6.45) is 8.07. The smallest absolute Gasteiger partial charge is 0.488 e. The standard InChI is InChI=1S/C28H52O4Si/c1-10-18-27(6,7)23-24-16-15-17-25(32-28(8,9)19-11-2)26(24)33(29-20-12-3,30-21-13-4)31-22-14-5/h15-17H,10-14,18-23H2,1-9H3. The first-order chi connectivity index (χ1) is 15.6. The topological polar surface area (TPSA) is 36.9 Å².